The maximum Gasteiger partial charge on any atom is 0.257 e. The molecule has 1 aromatic carbocycles. The van der Waals surface area contributed by atoms with Crippen molar-refractivity contribution >= 4 is 17.7 Å². The highest BCUT2D eigenvalue weighted by molar-refractivity contribution is 5.95. The molecule has 154 valence electrons. The van der Waals surface area contributed by atoms with E-state index in [9.17, 15) is 23.2 Å². The van der Waals surface area contributed by atoms with Crippen LogP contribution in [0, 0.1) is 18.6 Å². The maximum atomic E-state index is 13.9. The van der Waals surface area contributed by atoms with Gasteiger partial charge in [0, 0.05) is 33.5 Å². The molecule has 0 bridgehead atoms. The molecule has 1 saturated carbocycles. The number of benzene rings is 1. The summed E-state index contributed by atoms with van der Waals surface area (Å²) in [5, 5.41) is 5.45. The minimum atomic E-state index is -0.910. The number of carbonyl (C=O) groups is 3. The first-order chi connectivity index (χ1) is 13.1. The lowest BCUT2D eigenvalue weighted by atomic mass is 9.76. The van der Waals surface area contributed by atoms with Gasteiger partial charge in [-0.2, -0.15) is 0 Å². The van der Waals surface area contributed by atoms with Gasteiger partial charge in [-0.25, -0.2) is 8.78 Å². The van der Waals surface area contributed by atoms with Gasteiger partial charge in [-0.05, 0) is 50.3 Å². The predicted octanol–water partition coefficient (Wildman–Crippen LogP) is 2.30. The molecule has 1 aliphatic rings. The first-order valence-corrected chi connectivity index (χ1v) is 9.38. The molecular formula is C20H27F2N3O3. The van der Waals surface area contributed by atoms with E-state index in [1.807, 2.05) is 0 Å². The van der Waals surface area contributed by atoms with Gasteiger partial charge in [0.05, 0.1) is 5.54 Å². The molecule has 0 saturated heterocycles. The summed E-state index contributed by atoms with van der Waals surface area (Å²) in [6, 6.07) is 2.21. The van der Waals surface area contributed by atoms with Crippen LogP contribution in [0.15, 0.2) is 12.1 Å². The largest absolute Gasteiger partial charge is 0.350 e. The highest BCUT2D eigenvalue weighted by atomic mass is 19.1. The monoisotopic (exact) mass is 395 g/mol. The number of rotatable bonds is 8. The smallest absolute Gasteiger partial charge is 0.257 e. The topological polar surface area (TPSA) is 78.5 Å². The highest BCUT2D eigenvalue weighted by Crippen LogP contribution is 2.31. The molecule has 0 aromatic heterocycles. The van der Waals surface area contributed by atoms with E-state index in [0.29, 0.717) is 24.8 Å². The molecular weight excluding hydrogens is 368 g/mol. The lowest BCUT2D eigenvalue weighted by molar-refractivity contribution is -0.129. The summed E-state index contributed by atoms with van der Waals surface area (Å²) in [7, 11) is 3.32. The third-order valence-corrected chi connectivity index (χ3v) is 5.01. The van der Waals surface area contributed by atoms with E-state index < -0.39 is 28.6 Å². The Morgan fingerprint density at radius 3 is 2.21 bits per heavy atom. The summed E-state index contributed by atoms with van der Waals surface area (Å²) < 4.78 is 27.9. The Hall–Kier alpha value is -2.51. The van der Waals surface area contributed by atoms with Crippen molar-refractivity contribution in [1.82, 2.24) is 15.5 Å². The number of halogens is 2. The van der Waals surface area contributed by atoms with E-state index in [4.69, 9.17) is 0 Å². The Morgan fingerprint density at radius 2 is 1.71 bits per heavy atom. The van der Waals surface area contributed by atoms with E-state index >= 15 is 0 Å². The Morgan fingerprint density at radius 1 is 1.11 bits per heavy atom. The van der Waals surface area contributed by atoms with Crippen LogP contribution in [0.2, 0.25) is 0 Å². The molecule has 1 aromatic rings. The van der Waals surface area contributed by atoms with Gasteiger partial charge in [0.1, 0.15) is 17.2 Å². The van der Waals surface area contributed by atoms with Crippen molar-refractivity contribution in [2.24, 2.45) is 0 Å². The van der Waals surface area contributed by atoms with Gasteiger partial charge in [0.15, 0.2) is 0 Å². The highest BCUT2D eigenvalue weighted by Gasteiger charge is 2.38. The second-order valence-corrected chi connectivity index (χ2v) is 7.61. The van der Waals surface area contributed by atoms with E-state index in [0.717, 1.165) is 18.6 Å². The number of carbonyl (C=O) groups excluding carboxylic acids is 3. The molecule has 2 N–H and O–H groups in total. The average molecular weight is 395 g/mol. The molecule has 0 radical (unpaired) electrons. The molecule has 6 nitrogen and oxygen atoms in total. The van der Waals surface area contributed by atoms with Crippen LogP contribution in [0.25, 0.3) is 0 Å². The number of hydrogen-bond donors (Lipinski definition) is 2. The fourth-order valence-corrected chi connectivity index (χ4v) is 3.19. The van der Waals surface area contributed by atoms with Crippen molar-refractivity contribution in [2.75, 3.05) is 20.6 Å². The maximum absolute atomic E-state index is 13.9. The third kappa shape index (κ3) is 5.50. The van der Waals surface area contributed by atoms with Crippen molar-refractivity contribution in [2.45, 2.75) is 51.0 Å². The van der Waals surface area contributed by atoms with E-state index in [2.05, 4.69) is 10.6 Å². The lowest BCUT2D eigenvalue weighted by Gasteiger charge is -2.42. The van der Waals surface area contributed by atoms with Crippen LogP contribution in [0.4, 0.5) is 8.78 Å². The van der Waals surface area contributed by atoms with Gasteiger partial charge in [-0.3, -0.25) is 14.4 Å². The summed E-state index contributed by atoms with van der Waals surface area (Å²) in [5.74, 6) is -2.90. The van der Waals surface area contributed by atoms with Crippen molar-refractivity contribution in [3.63, 3.8) is 0 Å². The summed E-state index contributed by atoms with van der Waals surface area (Å²) in [5.41, 5.74) is -0.828. The quantitative estimate of drug-likeness (QED) is 0.709. The second-order valence-electron chi connectivity index (χ2n) is 7.61. The van der Waals surface area contributed by atoms with Gasteiger partial charge in [-0.15, -0.1) is 0 Å². The van der Waals surface area contributed by atoms with Crippen LogP contribution in [-0.4, -0.2) is 48.8 Å². The lowest BCUT2D eigenvalue weighted by Crippen LogP contribution is -2.59. The Bertz CT molecular complexity index is 738. The van der Waals surface area contributed by atoms with Gasteiger partial charge >= 0.3 is 0 Å². The van der Waals surface area contributed by atoms with Crippen LogP contribution in [0.1, 0.15) is 54.4 Å². The normalized spacial score (nSPS) is 14.8. The molecule has 0 atom stereocenters. The Balaban J connectivity index is 1.88. The Kier molecular flexibility index (Phi) is 7.10. The molecule has 28 heavy (non-hydrogen) atoms. The van der Waals surface area contributed by atoms with Gasteiger partial charge in [0.25, 0.3) is 5.91 Å². The molecule has 2 rings (SSSR count). The summed E-state index contributed by atoms with van der Waals surface area (Å²) >= 11 is 0. The van der Waals surface area contributed by atoms with Crippen molar-refractivity contribution < 1.29 is 23.2 Å². The average Bonchev–Trinajstić information content (AvgIpc) is 2.55. The first-order valence-electron chi connectivity index (χ1n) is 9.38. The predicted molar refractivity (Wildman–Crippen MR) is 101 cm³/mol. The van der Waals surface area contributed by atoms with Crippen molar-refractivity contribution in [1.29, 1.82) is 0 Å². The molecule has 0 aliphatic heterocycles. The van der Waals surface area contributed by atoms with Crippen LogP contribution < -0.4 is 10.6 Å². The molecule has 0 heterocycles. The minimum absolute atomic E-state index is 0.0411. The van der Waals surface area contributed by atoms with Gasteiger partial charge < -0.3 is 15.5 Å². The fraction of sp³-hybridized carbons (Fsp3) is 0.550. The van der Waals surface area contributed by atoms with Crippen LogP contribution in [0.5, 0.6) is 0 Å². The second kappa shape index (κ2) is 9.12. The molecule has 3 amide bonds. The third-order valence-electron chi connectivity index (χ3n) is 5.01. The van der Waals surface area contributed by atoms with Gasteiger partial charge in [0.2, 0.25) is 11.8 Å². The summed E-state index contributed by atoms with van der Waals surface area (Å²) in [4.78, 5) is 37.5. The number of nitrogens with zero attached hydrogens (tertiary/aromatic N) is 1. The molecule has 1 fully saturated rings. The van der Waals surface area contributed by atoms with E-state index in [1.165, 1.54) is 4.90 Å². The zero-order valence-electron chi connectivity index (χ0n) is 16.5. The van der Waals surface area contributed by atoms with Gasteiger partial charge in [-0.1, -0.05) is 0 Å². The van der Waals surface area contributed by atoms with Crippen LogP contribution in [-0.2, 0) is 9.59 Å². The van der Waals surface area contributed by atoms with Crippen molar-refractivity contribution in [3.8, 4) is 0 Å². The zero-order valence-corrected chi connectivity index (χ0v) is 16.5. The first kappa shape index (κ1) is 21.8. The minimum Gasteiger partial charge on any atom is -0.350 e. The number of nitrogens with one attached hydrogen (secondary N) is 2. The Labute approximate surface area is 163 Å². The molecule has 0 unspecified atom stereocenters. The zero-order chi connectivity index (χ0) is 20.9. The van der Waals surface area contributed by atoms with E-state index in [1.54, 1.807) is 21.0 Å². The SMILES string of the molecule is Cc1cc(F)c(C(=O)NCC2(NC(=O)CCCC(=O)N(C)C)CCC2)c(F)c1. The number of amides is 3. The molecule has 0 spiro atoms. The summed E-state index contributed by atoms with van der Waals surface area (Å²) in [6.07, 6.45) is 3.17. The number of aryl methyl sites for hydroxylation is 1. The van der Waals surface area contributed by atoms with Crippen LogP contribution >= 0.6 is 0 Å². The summed E-state index contributed by atoms with van der Waals surface area (Å²) in [6.45, 7) is 1.64. The van der Waals surface area contributed by atoms with Crippen LogP contribution in [0.3, 0.4) is 0 Å². The number of hydrogen-bond acceptors (Lipinski definition) is 3. The molecule has 8 heteroatoms. The van der Waals surface area contributed by atoms with Crippen molar-refractivity contribution in [3.05, 3.63) is 34.9 Å². The fourth-order valence-electron chi connectivity index (χ4n) is 3.19. The molecule has 1 aliphatic carbocycles. The van der Waals surface area contributed by atoms with E-state index in [-0.39, 0.29) is 31.2 Å². The standard InChI is InChI=1S/C20H27F2N3O3/c1-13-10-14(21)18(15(22)11-13)19(28)23-12-20(8-5-9-20)24-16(26)6-4-7-17(27)25(2)3/h10-11H,4-9,12H2,1-3H3,(H,23,28)(H,24,26).